The van der Waals surface area contributed by atoms with Gasteiger partial charge in [-0.3, -0.25) is 0 Å². The number of aliphatic hydroxyl groups excluding tert-OH is 1. The molecule has 1 aliphatic rings. The van der Waals surface area contributed by atoms with Gasteiger partial charge in [-0.1, -0.05) is 25.4 Å². The summed E-state index contributed by atoms with van der Waals surface area (Å²) in [4.78, 5) is 0. The van der Waals surface area contributed by atoms with Gasteiger partial charge in [0, 0.05) is 11.8 Å². The molecule has 17 heavy (non-hydrogen) atoms. The Morgan fingerprint density at radius 3 is 2.71 bits per heavy atom. The average Bonchev–Trinajstić information content (AvgIpc) is 2.54. The maximum absolute atomic E-state index is 9.38. The molecule has 0 unspecified atom stereocenters. The molecule has 0 saturated carbocycles. The van der Waals surface area contributed by atoms with E-state index in [4.69, 9.17) is 21.1 Å². The van der Waals surface area contributed by atoms with Crippen LogP contribution in [0.2, 0.25) is 5.02 Å². The molecule has 0 fully saturated rings. The Morgan fingerprint density at radius 1 is 1.29 bits per heavy atom. The fourth-order valence-electron chi connectivity index (χ4n) is 1.71. The lowest BCUT2D eigenvalue weighted by atomic mass is 9.85. The molecule has 0 amide bonds. The fraction of sp³-hybridized carbons (Fsp3) is 0.538. The van der Waals surface area contributed by atoms with Crippen LogP contribution in [-0.4, -0.2) is 24.9 Å². The number of hydrogen-bond acceptors (Lipinski definition) is 3. The number of rotatable bonds is 2. The number of halogens is 1. The Kier molecular flexibility index (Phi) is 3.50. The average molecular weight is 257 g/mol. The molecule has 1 N–H and O–H groups in total. The van der Waals surface area contributed by atoms with Crippen molar-refractivity contribution in [2.45, 2.75) is 25.7 Å². The molecule has 0 aliphatic carbocycles. The maximum Gasteiger partial charge on any atom is 0.179 e. The first-order valence-corrected chi connectivity index (χ1v) is 6.13. The fourth-order valence-corrected chi connectivity index (χ4v) is 1.98. The maximum atomic E-state index is 9.38. The van der Waals surface area contributed by atoms with E-state index in [0.29, 0.717) is 29.7 Å². The zero-order chi connectivity index (χ0) is 12.5. The second-order valence-corrected chi connectivity index (χ2v) is 5.29. The molecule has 1 heterocycles. The zero-order valence-corrected chi connectivity index (χ0v) is 10.9. The predicted octanol–water partition coefficient (Wildman–Crippen LogP) is 2.77. The van der Waals surface area contributed by atoms with E-state index in [2.05, 4.69) is 0 Å². The van der Waals surface area contributed by atoms with Crippen LogP contribution >= 0.6 is 11.6 Å². The van der Waals surface area contributed by atoms with E-state index < -0.39 is 0 Å². The number of ether oxygens (including phenoxy) is 2. The van der Waals surface area contributed by atoms with E-state index >= 15 is 0 Å². The van der Waals surface area contributed by atoms with E-state index in [1.54, 1.807) is 0 Å². The first-order valence-electron chi connectivity index (χ1n) is 5.75. The van der Waals surface area contributed by atoms with Crippen molar-refractivity contribution < 1.29 is 14.6 Å². The molecule has 0 aromatic heterocycles. The van der Waals surface area contributed by atoms with Gasteiger partial charge in [-0.05, 0) is 17.7 Å². The molecular weight excluding hydrogens is 240 g/mol. The highest BCUT2D eigenvalue weighted by Gasteiger charge is 2.24. The van der Waals surface area contributed by atoms with Crippen molar-refractivity contribution in [3.05, 3.63) is 22.7 Å². The highest BCUT2D eigenvalue weighted by Crippen LogP contribution is 2.40. The van der Waals surface area contributed by atoms with Gasteiger partial charge in [0.15, 0.2) is 11.5 Å². The van der Waals surface area contributed by atoms with Crippen molar-refractivity contribution in [3.8, 4) is 11.5 Å². The molecular formula is C13H17ClO3. The van der Waals surface area contributed by atoms with Gasteiger partial charge in [-0.15, -0.1) is 0 Å². The summed E-state index contributed by atoms with van der Waals surface area (Å²) < 4.78 is 11.2. The van der Waals surface area contributed by atoms with Crippen LogP contribution in [0.1, 0.15) is 25.8 Å². The highest BCUT2D eigenvalue weighted by atomic mass is 35.5. The second kappa shape index (κ2) is 4.75. The molecule has 0 spiro atoms. The molecule has 0 radical (unpaired) electrons. The summed E-state index contributed by atoms with van der Waals surface area (Å²) in [6.07, 6.45) is 0.851. The van der Waals surface area contributed by atoms with Crippen LogP contribution in [0, 0.1) is 0 Å². The Labute approximate surface area is 106 Å². The van der Waals surface area contributed by atoms with Crippen LogP contribution in [0.5, 0.6) is 11.5 Å². The van der Waals surface area contributed by atoms with Gasteiger partial charge in [0.1, 0.15) is 0 Å². The van der Waals surface area contributed by atoms with E-state index in [1.165, 1.54) is 0 Å². The Morgan fingerprint density at radius 2 is 2.00 bits per heavy atom. The van der Waals surface area contributed by atoms with Gasteiger partial charge in [0.2, 0.25) is 0 Å². The van der Waals surface area contributed by atoms with Crippen molar-refractivity contribution in [2.24, 2.45) is 0 Å². The SMILES string of the molecule is CC(C)(CO)c1cc(Cl)c2c(c1)OCCCO2. The summed E-state index contributed by atoms with van der Waals surface area (Å²) in [5.74, 6) is 1.29. The van der Waals surface area contributed by atoms with Crippen molar-refractivity contribution >= 4 is 11.6 Å². The number of fused-ring (bicyclic) bond motifs is 1. The van der Waals surface area contributed by atoms with Gasteiger partial charge in [0.05, 0.1) is 24.8 Å². The first kappa shape index (κ1) is 12.5. The Bertz CT molecular complexity index is 415. The molecule has 94 valence electrons. The van der Waals surface area contributed by atoms with Gasteiger partial charge in [-0.2, -0.15) is 0 Å². The molecule has 2 rings (SSSR count). The molecule has 1 aromatic rings. The number of aliphatic hydroxyl groups is 1. The third-order valence-corrected chi connectivity index (χ3v) is 3.26. The van der Waals surface area contributed by atoms with Gasteiger partial charge < -0.3 is 14.6 Å². The summed E-state index contributed by atoms with van der Waals surface area (Å²) in [5, 5.41) is 9.93. The summed E-state index contributed by atoms with van der Waals surface area (Å²) in [6.45, 7) is 5.23. The zero-order valence-electron chi connectivity index (χ0n) is 10.1. The lowest BCUT2D eigenvalue weighted by Crippen LogP contribution is -2.22. The number of benzene rings is 1. The highest BCUT2D eigenvalue weighted by molar-refractivity contribution is 6.32. The normalized spacial score (nSPS) is 15.5. The lowest BCUT2D eigenvalue weighted by Gasteiger charge is -2.24. The molecule has 4 heteroatoms. The van der Waals surface area contributed by atoms with Gasteiger partial charge in [-0.25, -0.2) is 0 Å². The minimum absolute atomic E-state index is 0.0585. The van der Waals surface area contributed by atoms with E-state index in [9.17, 15) is 5.11 Å². The summed E-state index contributed by atoms with van der Waals surface area (Å²) in [7, 11) is 0. The Hall–Kier alpha value is -0.930. The van der Waals surface area contributed by atoms with Crippen LogP contribution in [0.4, 0.5) is 0 Å². The third kappa shape index (κ3) is 2.50. The molecule has 0 saturated heterocycles. The largest absolute Gasteiger partial charge is 0.489 e. The number of hydrogen-bond donors (Lipinski definition) is 1. The standard InChI is InChI=1S/C13H17ClO3/c1-13(2,8-15)9-6-10(14)12-11(7-9)16-4-3-5-17-12/h6-7,15H,3-5,8H2,1-2H3. The van der Waals surface area contributed by atoms with Gasteiger partial charge in [0.25, 0.3) is 0 Å². The van der Waals surface area contributed by atoms with Crippen LogP contribution in [0.3, 0.4) is 0 Å². The van der Waals surface area contributed by atoms with E-state index in [1.807, 2.05) is 26.0 Å². The summed E-state index contributed by atoms with van der Waals surface area (Å²) in [5.41, 5.74) is 0.614. The Balaban J connectivity index is 2.46. The molecule has 0 atom stereocenters. The van der Waals surface area contributed by atoms with Crippen molar-refractivity contribution in [2.75, 3.05) is 19.8 Å². The topological polar surface area (TPSA) is 38.7 Å². The second-order valence-electron chi connectivity index (χ2n) is 4.88. The van der Waals surface area contributed by atoms with Crippen LogP contribution < -0.4 is 9.47 Å². The third-order valence-electron chi connectivity index (χ3n) is 2.98. The van der Waals surface area contributed by atoms with E-state index in [-0.39, 0.29) is 12.0 Å². The minimum atomic E-state index is -0.339. The monoisotopic (exact) mass is 256 g/mol. The van der Waals surface area contributed by atoms with Crippen molar-refractivity contribution in [1.29, 1.82) is 0 Å². The van der Waals surface area contributed by atoms with Crippen LogP contribution in [0.15, 0.2) is 12.1 Å². The molecule has 1 aromatic carbocycles. The first-order chi connectivity index (χ1) is 8.04. The molecule has 1 aliphatic heterocycles. The summed E-state index contributed by atoms with van der Waals surface area (Å²) >= 11 is 6.20. The van der Waals surface area contributed by atoms with Crippen LogP contribution in [0.25, 0.3) is 0 Å². The van der Waals surface area contributed by atoms with Crippen molar-refractivity contribution in [3.63, 3.8) is 0 Å². The predicted molar refractivity (Wildman–Crippen MR) is 67.2 cm³/mol. The van der Waals surface area contributed by atoms with Crippen molar-refractivity contribution in [1.82, 2.24) is 0 Å². The van der Waals surface area contributed by atoms with Crippen LogP contribution in [-0.2, 0) is 5.41 Å². The smallest absolute Gasteiger partial charge is 0.179 e. The van der Waals surface area contributed by atoms with E-state index in [0.717, 1.165) is 12.0 Å². The quantitative estimate of drug-likeness (QED) is 0.884. The molecule has 0 bridgehead atoms. The lowest BCUT2D eigenvalue weighted by molar-refractivity contribution is 0.218. The van der Waals surface area contributed by atoms with Gasteiger partial charge >= 0.3 is 0 Å². The summed E-state index contributed by atoms with van der Waals surface area (Å²) in [6, 6.07) is 3.74. The molecule has 3 nitrogen and oxygen atoms in total. The minimum Gasteiger partial charge on any atom is -0.489 e.